The Bertz CT molecular complexity index is 425. The largest absolute Gasteiger partial charge is 0.318 e. The molecule has 1 aromatic carbocycles. The molecule has 0 atom stereocenters. The Kier molecular flexibility index (Phi) is 5.85. The van der Waals surface area contributed by atoms with Crippen LogP contribution in [0, 0.1) is 0 Å². The number of likely N-dealkylation sites (N-methyl/N-ethyl adjacent to an activating group) is 2. The summed E-state index contributed by atoms with van der Waals surface area (Å²) in [5.41, 5.74) is 1.12. The minimum atomic E-state index is 0. The van der Waals surface area contributed by atoms with Crippen LogP contribution in [0.5, 0.6) is 0 Å². The van der Waals surface area contributed by atoms with Crippen molar-refractivity contribution in [3.8, 4) is 0 Å². The van der Waals surface area contributed by atoms with Crippen molar-refractivity contribution in [2.75, 3.05) is 27.2 Å². The van der Waals surface area contributed by atoms with E-state index >= 15 is 0 Å². The van der Waals surface area contributed by atoms with Gasteiger partial charge in [0, 0.05) is 13.1 Å². The summed E-state index contributed by atoms with van der Waals surface area (Å²) in [6, 6.07) is 8.30. The first-order valence-electron chi connectivity index (χ1n) is 5.47. The first kappa shape index (κ1) is 14.4. The topological polar surface area (TPSA) is 28.2 Å². The van der Waals surface area contributed by atoms with Gasteiger partial charge in [0.1, 0.15) is 5.01 Å². The SMILES string of the molecule is CNCCN(C)Cc1nc2ccccc2s1.Cl. The summed E-state index contributed by atoms with van der Waals surface area (Å²) in [6.45, 7) is 2.99. The molecule has 1 aromatic heterocycles. The minimum absolute atomic E-state index is 0. The van der Waals surface area contributed by atoms with Crippen LogP contribution in [0.4, 0.5) is 0 Å². The number of benzene rings is 1. The lowest BCUT2D eigenvalue weighted by Gasteiger charge is -2.13. The minimum Gasteiger partial charge on any atom is -0.318 e. The fraction of sp³-hybridized carbons (Fsp3) is 0.417. The number of nitrogens with one attached hydrogen (secondary N) is 1. The van der Waals surface area contributed by atoms with Crippen LogP contribution in [-0.4, -0.2) is 37.1 Å². The molecule has 0 aliphatic rings. The van der Waals surface area contributed by atoms with Gasteiger partial charge >= 0.3 is 0 Å². The van der Waals surface area contributed by atoms with Crippen molar-refractivity contribution in [2.24, 2.45) is 0 Å². The Labute approximate surface area is 112 Å². The lowest BCUT2D eigenvalue weighted by atomic mass is 10.3. The molecular weight excluding hydrogens is 254 g/mol. The molecule has 2 rings (SSSR count). The highest BCUT2D eigenvalue weighted by Crippen LogP contribution is 2.22. The molecule has 0 spiro atoms. The second kappa shape index (κ2) is 6.91. The maximum atomic E-state index is 4.62. The van der Waals surface area contributed by atoms with Crippen LogP contribution in [0.25, 0.3) is 10.2 Å². The van der Waals surface area contributed by atoms with Crippen LogP contribution in [0.1, 0.15) is 5.01 Å². The molecule has 2 aromatic rings. The van der Waals surface area contributed by atoms with Crippen molar-refractivity contribution in [1.29, 1.82) is 0 Å². The molecule has 0 aliphatic carbocycles. The zero-order valence-corrected chi connectivity index (χ0v) is 11.8. The third-order valence-electron chi connectivity index (χ3n) is 2.49. The molecule has 94 valence electrons. The standard InChI is InChI=1S/C12H17N3S.ClH/c1-13-7-8-15(2)9-12-14-10-5-3-4-6-11(10)16-12;/h3-6,13H,7-9H2,1-2H3;1H. The van der Waals surface area contributed by atoms with Gasteiger partial charge in [0.25, 0.3) is 0 Å². The number of fused-ring (bicyclic) bond motifs is 1. The van der Waals surface area contributed by atoms with Gasteiger partial charge in [-0.25, -0.2) is 4.98 Å². The van der Waals surface area contributed by atoms with E-state index in [4.69, 9.17) is 0 Å². The number of thiazole rings is 1. The smallest absolute Gasteiger partial charge is 0.108 e. The number of para-hydroxylation sites is 1. The van der Waals surface area contributed by atoms with Crippen LogP contribution in [0.2, 0.25) is 0 Å². The molecule has 0 bridgehead atoms. The Balaban J connectivity index is 0.00000144. The van der Waals surface area contributed by atoms with Gasteiger partial charge < -0.3 is 5.32 Å². The molecule has 0 radical (unpaired) electrons. The maximum Gasteiger partial charge on any atom is 0.108 e. The third-order valence-corrected chi connectivity index (χ3v) is 3.51. The Morgan fingerprint density at radius 1 is 1.35 bits per heavy atom. The Morgan fingerprint density at radius 2 is 2.12 bits per heavy atom. The van der Waals surface area contributed by atoms with Crippen molar-refractivity contribution in [3.05, 3.63) is 29.3 Å². The van der Waals surface area contributed by atoms with Crippen LogP contribution >= 0.6 is 23.7 Å². The number of nitrogens with zero attached hydrogens (tertiary/aromatic N) is 2. The highest BCUT2D eigenvalue weighted by atomic mass is 35.5. The van der Waals surface area contributed by atoms with Crippen LogP contribution in [0.3, 0.4) is 0 Å². The average Bonchev–Trinajstić information content (AvgIpc) is 2.68. The van der Waals surface area contributed by atoms with E-state index in [-0.39, 0.29) is 12.4 Å². The van der Waals surface area contributed by atoms with Crippen LogP contribution in [-0.2, 0) is 6.54 Å². The van der Waals surface area contributed by atoms with E-state index in [1.165, 1.54) is 9.71 Å². The van der Waals surface area contributed by atoms with E-state index in [1.54, 1.807) is 11.3 Å². The van der Waals surface area contributed by atoms with Gasteiger partial charge in [-0.1, -0.05) is 12.1 Å². The van der Waals surface area contributed by atoms with Crippen molar-refractivity contribution >= 4 is 34.0 Å². The molecule has 0 unspecified atom stereocenters. The number of rotatable bonds is 5. The predicted octanol–water partition coefficient (Wildman–Crippen LogP) is 2.37. The highest BCUT2D eigenvalue weighted by Gasteiger charge is 2.05. The third kappa shape index (κ3) is 3.92. The molecule has 0 aliphatic heterocycles. The molecular formula is C12H18ClN3S. The number of aromatic nitrogens is 1. The zero-order chi connectivity index (χ0) is 11.4. The second-order valence-corrected chi connectivity index (χ2v) is 5.03. The number of hydrogen-bond donors (Lipinski definition) is 1. The summed E-state index contributed by atoms with van der Waals surface area (Å²) >= 11 is 1.79. The molecule has 0 fully saturated rings. The van der Waals surface area contributed by atoms with E-state index in [9.17, 15) is 0 Å². The summed E-state index contributed by atoms with van der Waals surface area (Å²) in [6.07, 6.45) is 0. The van der Waals surface area contributed by atoms with Crippen LogP contribution in [0.15, 0.2) is 24.3 Å². The fourth-order valence-corrected chi connectivity index (χ4v) is 2.65. The van der Waals surface area contributed by atoms with Gasteiger partial charge in [-0.15, -0.1) is 23.7 Å². The monoisotopic (exact) mass is 271 g/mol. The summed E-state index contributed by atoms with van der Waals surface area (Å²) in [7, 11) is 4.11. The van der Waals surface area contributed by atoms with Crippen molar-refractivity contribution < 1.29 is 0 Å². The first-order chi connectivity index (χ1) is 7.79. The van der Waals surface area contributed by atoms with Gasteiger partial charge in [0.05, 0.1) is 16.8 Å². The van der Waals surface area contributed by atoms with E-state index in [1.807, 2.05) is 13.1 Å². The van der Waals surface area contributed by atoms with E-state index < -0.39 is 0 Å². The van der Waals surface area contributed by atoms with Gasteiger partial charge in [0.15, 0.2) is 0 Å². The van der Waals surface area contributed by atoms with Crippen LogP contribution < -0.4 is 5.32 Å². The summed E-state index contributed by atoms with van der Waals surface area (Å²) in [4.78, 5) is 6.90. The summed E-state index contributed by atoms with van der Waals surface area (Å²) in [5, 5.41) is 4.35. The van der Waals surface area contributed by atoms with E-state index in [0.717, 1.165) is 25.2 Å². The Hall–Kier alpha value is -0.680. The van der Waals surface area contributed by atoms with Crippen molar-refractivity contribution in [3.63, 3.8) is 0 Å². The maximum absolute atomic E-state index is 4.62. The van der Waals surface area contributed by atoms with Crippen molar-refractivity contribution in [1.82, 2.24) is 15.2 Å². The van der Waals surface area contributed by atoms with Gasteiger partial charge in [-0.05, 0) is 26.2 Å². The van der Waals surface area contributed by atoms with Gasteiger partial charge in [0.2, 0.25) is 0 Å². The van der Waals surface area contributed by atoms with Crippen molar-refractivity contribution in [2.45, 2.75) is 6.54 Å². The average molecular weight is 272 g/mol. The van der Waals surface area contributed by atoms with E-state index in [0.29, 0.717) is 0 Å². The quantitative estimate of drug-likeness (QED) is 0.905. The zero-order valence-electron chi connectivity index (χ0n) is 10.1. The Morgan fingerprint density at radius 3 is 2.82 bits per heavy atom. The normalized spacial score (nSPS) is 10.8. The lowest BCUT2D eigenvalue weighted by Crippen LogP contribution is -2.26. The molecule has 3 nitrogen and oxygen atoms in total. The molecule has 0 amide bonds. The number of hydrogen-bond acceptors (Lipinski definition) is 4. The first-order valence-corrected chi connectivity index (χ1v) is 6.29. The predicted molar refractivity (Wildman–Crippen MR) is 77.1 cm³/mol. The molecule has 17 heavy (non-hydrogen) atoms. The molecule has 0 saturated carbocycles. The summed E-state index contributed by atoms with van der Waals surface area (Å²) < 4.78 is 1.28. The lowest BCUT2D eigenvalue weighted by molar-refractivity contribution is 0.328. The number of halogens is 1. The van der Waals surface area contributed by atoms with Gasteiger partial charge in [-0.2, -0.15) is 0 Å². The molecule has 0 saturated heterocycles. The summed E-state index contributed by atoms with van der Waals surface area (Å²) in [5.74, 6) is 0. The van der Waals surface area contributed by atoms with Gasteiger partial charge in [-0.3, -0.25) is 4.90 Å². The molecule has 1 heterocycles. The van der Waals surface area contributed by atoms with E-state index in [2.05, 4.69) is 40.4 Å². The molecule has 1 N–H and O–H groups in total. The fourth-order valence-electron chi connectivity index (χ4n) is 1.60. The molecule has 5 heteroatoms. The second-order valence-electron chi connectivity index (χ2n) is 3.92. The highest BCUT2D eigenvalue weighted by molar-refractivity contribution is 7.18.